The van der Waals surface area contributed by atoms with E-state index in [9.17, 15) is 19.7 Å². The van der Waals surface area contributed by atoms with E-state index in [0.717, 1.165) is 21.3 Å². The molecule has 5 rings (SSSR count). The van der Waals surface area contributed by atoms with E-state index < -0.39 is 16.5 Å². The van der Waals surface area contributed by atoms with Gasteiger partial charge in [0.05, 0.1) is 17.2 Å². The number of nitrogens with one attached hydrogen (secondary N) is 1. The zero-order valence-electron chi connectivity index (χ0n) is 18.2. The second-order valence-corrected chi connectivity index (χ2v) is 8.46. The largest absolute Gasteiger partial charge is 0.460 e. The van der Waals surface area contributed by atoms with E-state index in [-0.39, 0.29) is 24.1 Å². The number of benzene rings is 1. The molecule has 12 nitrogen and oxygen atoms in total. The molecule has 172 valence electrons. The predicted molar refractivity (Wildman–Crippen MR) is 127 cm³/mol. The van der Waals surface area contributed by atoms with Crippen LogP contribution in [0.4, 0.5) is 17.3 Å². The summed E-state index contributed by atoms with van der Waals surface area (Å²) < 4.78 is 6.52. The number of esters is 1. The van der Waals surface area contributed by atoms with Gasteiger partial charge in [0.1, 0.15) is 15.0 Å². The van der Waals surface area contributed by atoms with Crippen LogP contribution in [0, 0.1) is 24.0 Å². The highest BCUT2D eigenvalue weighted by Gasteiger charge is 2.30. The molecule has 1 aliphatic rings. The lowest BCUT2D eigenvalue weighted by atomic mass is 10.1. The molecule has 0 saturated heterocycles. The topological polar surface area (TPSA) is 145 Å². The Morgan fingerprint density at radius 3 is 2.65 bits per heavy atom. The Bertz CT molecular complexity index is 1590. The standard InChI is InChI=1S/C21H17N7O5S/c1-4-33-20(30)17-24-26(12-5-7-13(8-6-12)28(31)32)21-23-15-14-10(2)9-11(3)22-18(14)34-16(15)19(29)27(21)25-17/h5-9H,4H2,1-3H3,(H,24,25). The molecular weight excluding hydrogens is 462 g/mol. The number of nitro groups is 1. The summed E-state index contributed by atoms with van der Waals surface area (Å²) in [5.74, 6) is -0.919. The minimum Gasteiger partial charge on any atom is -0.460 e. The molecule has 0 fully saturated rings. The van der Waals surface area contributed by atoms with E-state index in [2.05, 4.69) is 15.5 Å². The average Bonchev–Trinajstić information content (AvgIpc) is 3.17. The first-order valence-electron chi connectivity index (χ1n) is 10.2. The number of amidine groups is 1. The number of pyridine rings is 1. The highest BCUT2D eigenvalue weighted by molar-refractivity contribution is 7.25. The number of nitro benzene ring substituents is 1. The number of carbonyl (C=O) groups excluding carboxylic acids is 1. The monoisotopic (exact) mass is 479 g/mol. The molecule has 1 aromatic carbocycles. The van der Waals surface area contributed by atoms with Gasteiger partial charge in [-0.1, -0.05) is 0 Å². The minimum atomic E-state index is -0.767. The van der Waals surface area contributed by atoms with E-state index in [4.69, 9.17) is 9.72 Å². The fraction of sp³-hybridized carbons (Fsp3) is 0.190. The number of aromatic nitrogens is 3. The fourth-order valence-corrected chi connectivity index (χ4v) is 4.87. The normalized spacial score (nSPS) is 12.9. The van der Waals surface area contributed by atoms with Crippen LogP contribution in [-0.2, 0) is 9.53 Å². The van der Waals surface area contributed by atoms with E-state index in [0.29, 0.717) is 20.7 Å². The van der Waals surface area contributed by atoms with Crippen LogP contribution in [0.25, 0.3) is 20.4 Å². The number of rotatable bonds is 4. The highest BCUT2D eigenvalue weighted by Crippen LogP contribution is 2.35. The summed E-state index contributed by atoms with van der Waals surface area (Å²) in [5.41, 5.74) is 4.70. The van der Waals surface area contributed by atoms with Crippen LogP contribution in [0.5, 0.6) is 0 Å². The van der Waals surface area contributed by atoms with Gasteiger partial charge in [-0.25, -0.2) is 14.8 Å². The summed E-state index contributed by atoms with van der Waals surface area (Å²) in [6.07, 6.45) is 0. The van der Waals surface area contributed by atoms with Crippen molar-refractivity contribution in [3.05, 3.63) is 62.1 Å². The van der Waals surface area contributed by atoms with Crippen molar-refractivity contribution in [2.24, 2.45) is 5.10 Å². The molecule has 0 saturated carbocycles. The number of fused-ring (bicyclic) bond motifs is 4. The second-order valence-electron chi connectivity index (χ2n) is 7.46. The molecule has 0 atom stereocenters. The Labute approximate surface area is 195 Å². The number of hydrogen-bond acceptors (Lipinski definition) is 11. The van der Waals surface area contributed by atoms with Crippen LogP contribution in [-0.4, -0.2) is 38.0 Å². The quantitative estimate of drug-likeness (QED) is 0.265. The van der Waals surface area contributed by atoms with E-state index in [1.165, 1.54) is 40.6 Å². The Kier molecular flexibility index (Phi) is 4.97. The van der Waals surface area contributed by atoms with Crippen LogP contribution in [0.15, 0.2) is 40.2 Å². The summed E-state index contributed by atoms with van der Waals surface area (Å²) >= 11 is 1.22. The van der Waals surface area contributed by atoms with E-state index in [1.807, 2.05) is 19.9 Å². The maximum Gasteiger partial charge on any atom is 0.377 e. The van der Waals surface area contributed by atoms with Gasteiger partial charge in [-0.3, -0.25) is 20.3 Å². The van der Waals surface area contributed by atoms with Gasteiger partial charge < -0.3 is 4.74 Å². The second kappa shape index (κ2) is 7.88. The SMILES string of the molecule is CCOC(=O)C1=NN(c2ccc([N+](=O)[O-])cc2)c2nc3c(sc4nc(C)cc(C)c43)c(=O)n2N1. The number of aryl methyl sites for hydroxylation is 2. The molecule has 34 heavy (non-hydrogen) atoms. The molecule has 1 N–H and O–H groups in total. The molecule has 0 radical (unpaired) electrons. The zero-order valence-corrected chi connectivity index (χ0v) is 19.0. The van der Waals surface area contributed by atoms with Gasteiger partial charge >= 0.3 is 5.97 Å². The third kappa shape index (κ3) is 3.33. The van der Waals surface area contributed by atoms with Crippen molar-refractivity contribution in [1.82, 2.24) is 14.6 Å². The smallest absolute Gasteiger partial charge is 0.377 e. The maximum absolute atomic E-state index is 13.5. The predicted octanol–water partition coefficient (Wildman–Crippen LogP) is 3.10. The molecule has 4 heterocycles. The molecule has 1 aliphatic heterocycles. The van der Waals surface area contributed by atoms with Gasteiger partial charge in [-0.05, 0) is 44.5 Å². The van der Waals surface area contributed by atoms with Crippen molar-refractivity contribution in [1.29, 1.82) is 0 Å². The molecular formula is C21H17N7O5S. The number of anilines is 2. The third-order valence-corrected chi connectivity index (χ3v) is 6.21. The maximum atomic E-state index is 13.5. The van der Waals surface area contributed by atoms with Crippen LogP contribution < -0.4 is 16.0 Å². The number of non-ortho nitro benzene ring substituents is 1. The number of hydrogen-bond donors (Lipinski definition) is 1. The Morgan fingerprint density at radius 2 is 1.97 bits per heavy atom. The van der Waals surface area contributed by atoms with Gasteiger partial charge in [-0.15, -0.1) is 16.4 Å². The summed E-state index contributed by atoms with van der Waals surface area (Å²) in [6, 6.07) is 7.43. The van der Waals surface area contributed by atoms with Crippen molar-refractivity contribution in [3.8, 4) is 0 Å². The lowest BCUT2D eigenvalue weighted by Gasteiger charge is -2.27. The Balaban J connectivity index is 1.77. The summed E-state index contributed by atoms with van der Waals surface area (Å²) in [6.45, 7) is 5.55. The minimum absolute atomic E-state index is 0.0825. The first kappa shape index (κ1) is 21.5. The lowest BCUT2D eigenvalue weighted by Crippen LogP contribution is -2.45. The van der Waals surface area contributed by atoms with Crippen LogP contribution in [0.3, 0.4) is 0 Å². The van der Waals surface area contributed by atoms with Crippen molar-refractivity contribution < 1.29 is 14.5 Å². The van der Waals surface area contributed by atoms with Crippen LogP contribution >= 0.6 is 11.3 Å². The van der Waals surface area contributed by atoms with Crippen molar-refractivity contribution in [2.45, 2.75) is 20.8 Å². The van der Waals surface area contributed by atoms with E-state index >= 15 is 0 Å². The van der Waals surface area contributed by atoms with Crippen molar-refractivity contribution >= 4 is 60.9 Å². The number of hydrazone groups is 1. The molecule has 0 aliphatic carbocycles. The summed E-state index contributed by atoms with van der Waals surface area (Å²) in [7, 11) is 0. The molecule has 3 aromatic heterocycles. The first-order chi connectivity index (χ1) is 16.3. The number of thiophene rings is 1. The van der Waals surface area contributed by atoms with Crippen LogP contribution in [0.1, 0.15) is 18.2 Å². The van der Waals surface area contributed by atoms with Crippen LogP contribution in [0.2, 0.25) is 0 Å². The Hall–Kier alpha value is -4.39. The fourth-order valence-electron chi connectivity index (χ4n) is 3.71. The molecule has 0 unspecified atom stereocenters. The molecule has 13 heteroatoms. The Morgan fingerprint density at radius 1 is 1.24 bits per heavy atom. The van der Waals surface area contributed by atoms with Gasteiger partial charge in [0, 0.05) is 23.2 Å². The van der Waals surface area contributed by atoms with Gasteiger partial charge in [0.2, 0.25) is 0 Å². The van der Waals surface area contributed by atoms with Gasteiger partial charge in [0.25, 0.3) is 23.0 Å². The number of carbonyl (C=O) groups is 1. The molecule has 4 aromatic rings. The average molecular weight is 479 g/mol. The van der Waals surface area contributed by atoms with Gasteiger partial charge in [0.15, 0.2) is 0 Å². The number of ether oxygens (including phenoxy) is 1. The molecule has 0 amide bonds. The lowest BCUT2D eigenvalue weighted by molar-refractivity contribution is -0.384. The van der Waals surface area contributed by atoms with Gasteiger partial charge in [-0.2, -0.15) is 9.69 Å². The number of nitrogens with zero attached hydrogens (tertiary/aromatic N) is 6. The van der Waals surface area contributed by atoms with Crippen molar-refractivity contribution in [3.63, 3.8) is 0 Å². The summed E-state index contributed by atoms with van der Waals surface area (Å²) in [5, 5.41) is 17.4. The third-order valence-electron chi connectivity index (χ3n) is 5.15. The molecule has 0 spiro atoms. The zero-order chi connectivity index (χ0) is 24.1. The van der Waals surface area contributed by atoms with Crippen molar-refractivity contribution in [2.75, 3.05) is 17.0 Å². The van der Waals surface area contributed by atoms with E-state index in [1.54, 1.807) is 6.92 Å². The molecule has 0 bridgehead atoms. The summed E-state index contributed by atoms with van der Waals surface area (Å²) in [4.78, 5) is 46.4. The highest BCUT2D eigenvalue weighted by atomic mass is 32.1. The first-order valence-corrected chi connectivity index (χ1v) is 11.0.